The van der Waals surface area contributed by atoms with E-state index >= 15 is 0 Å². The van der Waals surface area contributed by atoms with Gasteiger partial charge in [-0.2, -0.15) is 0 Å². The van der Waals surface area contributed by atoms with Crippen LogP contribution in [0.5, 0.6) is 0 Å². The van der Waals surface area contributed by atoms with Crippen LogP contribution >= 0.6 is 0 Å². The van der Waals surface area contributed by atoms with Gasteiger partial charge in [0.05, 0.1) is 16.7 Å². The van der Waals surface area contributed by atoms with E-state index in [2.05, 4.69) is 230 Å². The summed E-state index contributed by atoms with van der Waals surface area (Å²) >= 11 is 0. The van der Waals surface area contributed by atoms with Gasteiger partial charge in [-0.05, 0) is 169 Å². The van der Waals surface area contributed by atoms with Gasteiger partial charge in [0.25, 0.3) is 0 Å². The first-order chi connectivity index (χ1) is 35.5. The Labute approximate surface area is 422 Å². The van der Waals surface area contributed by atoms with Crippen LogP contribution in [0.15, 0.2) is 206 Å². The molecule has 1 nitrogen and oxygen atoms in total. The molecule has 2 spiro atoms. The number of aryl methyl sites for hydroxylation is 1. The maximum Gasteiger partial charge on any atom is 0.0541 e. The maximum atomic E-state index is 2.59. The van der Waals surface area contributed by atoms with Gasteiger partial charge in [0.1, 0.15) is 0 Å². The first-order valence-corrected chi connectivity index (χ1v) is 26.5. The second-order valence-electron chi connectivity index (χ2n) is 21.6. The number of nitrogens with zero attached hydrogens (tertiary/aromatic N) is 1. The summed E-state index contributed by atoms with van der Waals surface area (Å²) in [6, 6.07) is 78.6. The predicted octanol–water partition coefficient (Wildman–Crippen LogP) is 19.1. The van der Waals surface area contributed by atoms with Gasteiger partial charge in [0.2, 0.25) is 0 Å². The van der Waals surface area contributed by atoms with Gasteiger partial charge in [0, 0.05) is 27.0 Å². The van der Waals surface area contributed by atoms with E-state index in [0.29, 0.717) is 0 Å². The summed E-state index contributed by atoms with van der Waals surface area (Å²) in [5.41, 5.74) is 27.5. The van der Waals surface area contributed by atoms with Crippen molar-refractivity contribution in [3.8, 4) is 61.3 Å². The summed E-state index contributed by atoms with van der Waals surface area (Å²) in [5, 5.41) is 5.05. The summed E-state index contributed by atoms with van der Waals surface area (Å²) in [6.07, 6.45) is 14.7. The van der Waals surface area contributed by atoms with Crippen LogP contribution in [-0.4, -0.2) is 4.57 Å². The van der Waals surface area contributed by atoms with Gasteiger partial charge in [-0.3, -0.25) is 0 Å². The van der Waals surface area contributed by atoms with E-state index in [1.807, 2.05) is 0 Å². The molecule has 0 bridgehead atoms. The molecule has 0 aliphatic heterocycles. The van der Waals surface area contributed by atoms with E-state index in [9.17, 15) is 0 Å². The molecule has 4 aliphatic carbocycles. The summed E-state index contributed by atoms with van der Waals surface area (Å²) in [6.45, 7) is 2.26. The third-order valence-electron chi connectivity index (χ3n) is 17.8. The molecule has 344 valence electrons. The van der Waals surface area contributed by atoms with Crippen molar-refractivity contribution in [3.63, 3.8) is 0 Å². The first kappa shape index (κ1) is 41.8. The van der Waals surface area contributed by atoms with Gasteiger partial charge in [-0.25, -0.2) is 0 Å². The molecule has 1 aromatic heterocycles. The summed E-state index contributed by atoms with van der Waals surface area (Å²) in [4.78, 5) is 0. The molecule has 72 heavy (non-hydrogen) atoms. The zero-order valence-electron chi connectivity index (χ0n) is 40.9. The van der Waals surface area contributed by atoms with Gasteiger partial charge < -0.3 is 4.57 Å². The molecular formula is C71H55N. The van der Waals surface area contributed by atoms with Crippen LogP contribution < -0.4 is 0 Å². The number of para-hydroxylation sites is 1. The van der Waals surface area contributed by atoms with Crippen LogP contribution in [0.2, 0.25) is 0 Å². The summed E-state index contributed by atoms with van der Waals surface area (Å²) in [5.74, 6) is 0. The van der Waals surface area contributed by atoms with Crippen molar-refractivity contribution in [2.24, 2.45) is 0 Å². The number of benzene rings is 10. The SMILES string of the molecule is Cc1ccc2c(c1)C1(CCCC1)c1cc(-c3ccc4c(c3)C3(CCCC3)c3cc(-c5ccc(/C=C/c6ccc(-c7ccc8c(c7)c7ccccc7n8-c7cccc8ccccc78)cc6)cc5)ccc3-4)ccc1-2. The smallest absolute Gasteiger partial charge is 0.0541 e. The Bertz CT molecular complexity index is 4030. The number of hydrogen-bond donors (Lipinski definition) is 0. The second-order valence-corrected chi connectivity index (χ2v) is 21.6. The van der Waals surface area contributed by atoms with E-state index in [1.54, 1.807) is 16.7 Å². The molecule has 0 saturated heterocycles. The standard InChI is InChI=1S/C71H55N/c1-46-17-32-57-58-34-29-54(44-65(58)70(63(57)41-46)37-6-7-38-70)55-30-35-60-59-33-28-53(43-64(59)71(66(60)45-55)39-8-9-40-71)50-26-22-48(23-27-50)19-18-47-20-24-49(25-21-47)52-31-36-69-62(42-52)61-14-4-5-15-68(61)72(69)67-16-10-12-51-11-2-3-13-56(51)67/h2-5,10-36,41-45H,6-9,37-40H2,1H3/b19-18+. The van der Waals surface area contributed by atoms with Gasteiger partial charge in [0.15, 0.2) is 0 Å². The third-order valence-corrected chi connectivity index (χ3v) is 17.8. The fraction of sp³-hybridized carbons (Fsp3) is 0.155. The van der Waals surface area contributed by atoms with Crippen LogP contribution in [0.25, 0.3) is 106 Å². The Morgan fingerprint density at radius 2 is 0.778 bits per heavy atom. The van der Waals surface area contributed by atoms with Crippen LogP contribution in [0.3, 0.4) is 0 Å². The highest BCUT2D eigenvalue weighted by molar-refractivity contribution is 6.11. The quantitative estimate of drug-likeness (QED) is 0.146. The lowest BCUT2D eigenvalue weighted by atomic mass is 9.75. The fourth-order valence-corrected chi connectivity index (χ4v) is 14.3. The molecular weight excluding hydrogens is 867 g/mol. The Hall–Kier alpha value is -8.00. The van der Waals surface area contributed by atoms with Crippen molar-refractivity contribution >= 4 is 44.7 Å². The third kappa shape index (κ3) is 6.26. The number of rotatable bonds is 6. The lowest BCUT2D eigenvalue weighted by molar-refractivity contribution is 0.549. The Balaban J connectivity index is 0.685. The lowest BCUT2D eigenvalue weighted by Crippen LogP contribution is -2.21. The normalized spacial score (nSPS) is 15.8. The van der Waals surface area contributed by atoms with E-state index in [0.717, 1.165) is 0 Å². The van der Waals surface area contributed by atoms with Gasteiger partial charge in [-0.1, -0.05) is 207 Å². The number of fused-ring (bicyclic) bond motifs is 14. The van der Waals surface area contributed by atoms with Crippen molar-refractivity contribution in [2.45, 2.75) is 69.1 Å². The van der Waals surface area contributed by atoms with E-state index in [-0.39, 0.29) is 10.8 Å². The molecule has 1 heterocycles. The van der Waals surface area contributed by atoms with Gasteiger partial charge >= 0.3 is 0 Å². The first-order valence-electron chi connectivity index (χ1n) is 26.5. The molecule has 10 aromatic carbocycles. The monoisotopic (exact) mass is 921 g/mol. The highest BCUT2D eigenvalue weighted by Crippen LogP contribution is 2.60. The molecule has 0 N–H and O–H groups in total. The van der Waals surface area contributed by atoms with Crippen molar-refractivity contribution < 1.29 is 0 Å². The summed E-state index contributed by atoms with van der Waals surface area (Å²) < 4.78 is 2.43. The molecule has 11 aromatic rings. The molecule has 0 atom stereocenters. The van der Waals surface area contributed by atoms with Crippen molar-refractivity contribution in [1.29, 1.82) is 0 Å². The molecule has 4 aliphatic rings. The minimum absolute atomic E-state index is 0.0807. The molecule has 15 rings (SSSR count). The van der Waals surface area contributed by atoms with Crippen molar-refractivity contribution in [1.82, 2.24) is 4.57 Å². The number of aromatic nitrogens is 1. The highest BCUT2D eigenvalue weighted by Gasteiger charge is 2.47. The van der Waals surface area contributed by atoms with Gasteiger partial charge in [-0.15, -0.1) is 0 Å². The van der Waals surface area contributed by atoms with Crippen LogP contribution in [0, 0.1) is 6.92 Å². The van der Waals surface area contributed by atoms with Crippen molar-refractivity contribution in [3.05, 3.63) is 245 Å². The predicted molar refractivity (Wildman–Crippen MR) is 304 cm³/mol. The lowest BCUT2D eigenvalue weighted by Gasteiger charge is -2.28. The van der Waals surface area contributed by atoms with Crippen LogP contribution in [0.4, 0.5) is 0 Å². The van der Waals surface area contributed by atoms with Crippen LogP contribution in [0.1, 0.15) is 90.3 Å². The van der Waals surface area contributed by atoms with E-state index in [4.69, 9.17) is 0 Å². The zero-order valence-corrected chi connectivity index (χ0v) is 40.9. The molecule has 0 amide bonds. The second kappa shape index (κ2) is 16.0. The van der Waals surface area contributed by atoms with Crippen molar-refractivity contribution in [2.75, 3.05) is 0 Å². The van der Waals surface area contributed by atoms with E-state index in [1.165, 1.54) is 168 Å². The maximum absolute atomic E-state index is 2.59. The minimum Gasteiger partial charge on any atom is -0.309 e. The Kier molecular flexibility index (Phi) is 9.28. The largest absolute Gasteiger partial charge is 0.309 e. The average molecular weight is 922 g/mol. The number of hydrogen-bond acceptors (Lipinski definition) is 0. The highest BCUT2D eigenvalue weighted by atomic mass is 15.0. The van der Waals surface area contributed by atoms with Crippen LogP contribution in [-0.2, 0) is 10.8 Å². The molecule has 2 fully saturated rings. The topological polar surface area (TPSA) is 4.93 Å². The van der Waals surface area contributed by atoms with E-state index < -0.39 is 0 Å². The molecule has 0 unspecified atom stereocenters. The molecule has 1 heteroatoms. The minimum atomic E-state index is 0.0807. The fourth-order valence-electron chi connectivity index (χ4n) is 14.3. The summed E-state index contributed by atoms with van der Waals surface area (Å²) in [7, 11) is 0. The average Bonchev–Trinajstić information content (AvgIpc) is 4.29. The Morgan fingerprint density at radius 1 is 0.347 bits per heavy atom. The Morgan fingerprint density at radius 3 is 1.36 bits per heavy atom. The zero-order chi connectivity index (χ0) is 47.5. The molecule has 2 saturated carbocycles. The molecule has 0 radical (unpaired) electrons.